The molecule has 0 unspecified atom stereocenters. The Morgan fingerprint density at radius 2 is 1.45 bits per heavy atom. The highest BCUT2D eigenvalue weighted by molar-refractivity contribution is 5.97. The van der Waals surface area contributed by atoms with Crippen LogP contribution < -0.4 is 26.6 Å². The molecule has 49 heavy (non-hydrogen) atoms. The van der Waals surface area contributed by atoms with Crippen molar-refractivity contribution in [3.05, 3.63) is 89.3 Å². The number of hydrogen-bond donors (Lipinski definition) is 5. The van der Waals surface area contributed by atoms with E-state index in [1.807, 2.05) is 60.7 Å². The van der Waals surface area contributed by atoms with Gasteiger partial charge in [-0.25, -0.2) is 0 Å². The SMILES string of the molecule is C[C@@H]1NC(=O)c2cc(on2)CN(CC(=O)NC2CCCCC2)CCNC(=O)[C@@H](Cc2ccccc2)NC(=O)[C@H](Cc2ccccc2)NC1=O. The third-order valence-electron chi connectivity index (χ3n) is 8.81. The Bertz CT molecular complexity index is 1570. The van der Waals surface area contributed by atoms with Gasteiger partial charge in [0.25, 0.3) is 5.91 Å². The lowest BCUT2D eigenvalue weighted by Crippen LogP contribution is -2.57. The van der Waals surface area contributed by atoms with Gasteiger partial charge in [0, 0.05) is 38.0 Å². The molecule has 2 aliphatic rings. The number of carbonyl (C=O) groups excluding carboxylic acids is 5. The molecule has 13 heteroatoms. The molecule has 1 aliphatic carbocycles. The molecule has 5 amide bonds. The number of benzene rings is 2. The van der Waals surface area contributed by atoms with E-state index in [9.17, 15) is 24.0 Å². The maximum Gasteiger partial charge on any atom is 0.274 e. The average molecular weight is 672 g/mol. The Labute approximate surface area is 285 Å². The number of rotatable bonds is 7. The van der Waals surface area contributed by atoms with E-state index in [4.69, 9.17) is 4.52 Å². The number of nitrogens with one attached hydrogen (secondary N) is 5. The minimum Gasteiger partial charge on any atom is -0.359 e. The van der Waals surface area contributed by atoms with Gasteiger partial charge in [0.1, 0.15) is 18.1 Å². The number of amides is 5. The molecule has 2 heterocycles. The number of nitrogens with zero attached hydrogens (tertiary/aromatic N) is 2. The summed E-state index contributed by atoms with van der Waals surface area (Å²) in [5, 5.41) is 18.2. The molecule has 5 rings (SSSR count). The Hall–Kier alpha value is -5.04. The first-order valence-corrected chi connectivity index (χ1v) is 17.0. The van der Waals surface area contributed by atoms with E-state index in [1.165, 1.54) is 19.4 Å². The number of hydrogen-bond acceptors (Lipinski definition) is 8. The van der Waals surface area contributed by atoms with E-state index in [1.54, 1.807) is 4.90 Å². The summed E-state index contributed by atoms with van der Waals surface area (Å²) in [5.74, 6) is -1.96. The van der Waals surface area contributed by atoms with Crippen LogP contribution in [0.3, 0.4) is 0 Å². The number of aromatic nitrogens is 1. The van der Waals surface area contributed by atoms with Gasteiger partial charge in [0.15, 0.2) is 11.5 Å². The zero-order chi connectivity index (χ0) is 34.6. The van der Waals surface area contributed by atoms with E-state index >= 15 is 0 Å². The van der Waals surface area contributed by atoms with Crippen LogP contribution in [0.1, 0.15) is 66.4 Å². The van der Waals surface area contributed by atoms with Crippen molar-refractivity contribution in [2.75, 3.05) is 19.6 Å². The van der Waals surface area contributed by atoms with Crippen molar-refractivity contribution in [1.29, 1.82) is 0 Å². The lowest BCUT2D eigenvalue weighted by atomic mass is 9.95. The first-order chi connectivity index (χ1) is 23.7. The predicted octanol–water partition coefficient (Wildman–Crippen LogP) is 1.63. The molecular formula is C36H45N7O6. The van der Waals surface area contributed by atoms with Gasteiger partial charge in [0.05, 0.1) is 13.1 Å². The number of fused-ring (bicyclic) bond motifs is 2. The number of carbonyl (C=O) groups is 5. The van der Waals surface area contributed by atoms with Crippen LogP contribution >= 0.6 is 0 Å². The smallest absolute Gasteiger partial charge is 0.274 e. The summed E-state index contributed by atoms with van der Waals surface area (Å²) in [4.78, 5) is 68.7. The quantitative estimate of drug-likeness (QED) is 0.252. The van der Waals surface area contributed by atoms with Crippen LogP contribution in [0.25, 0.3) is 0 Å². The third kappa shape index (κ3) is 10.7. The highest BCUT2D eigenvalue weighted by atomic mass is 16.5. The van der Waals surface area contributed by atoms with Gasteiger partial charge in [-0.1, -0.05) is 85.1 Å². The van der Waals surface area contributed by atoms with Crippen molar-refractivity contribution in [3.63, 3.8) is 0 Å². The molecule has 1 aliphatic heterocycles. The lowest BCUT2D eigenvalue weighted by molar-refractivity contribution is -0.132. The molecule has 1 saturated carbocycles. The maximum absolute atomic E-state index is 13.8. The standard InChI is InChI=1S/C36H45N7O6/c1-24-33(45)40-30(20-26-13-7-3-8-14-26)35(47)41-29(19-25-11-5-2-6-12-25)34(46)37-17-18-43(22-28-21-31(42-49-28)36(48)38-24)23-32(44)39-27-15-9-4-10-16-27/h2-3,5-8,11-14,21,24,27,29-30H,4,9-10,15-20,22-23H2,1H3,(H,37,46)(H,38,48)(H,39,44)(H,40,45)(H,41,47)/t24-,29+,30-/m0/s1. The van der Waals surface area contributed by atoms with Crippen molar-refractivity contribution >= 4 is 29.5 Å². The van der Waals surface area contributed by atoms with Crippen molar-refractivity contribution in [1.82, 2.24) is 36.6 Å². The maximum atomic E-state index is 13.8. The molecule has 1 aromatic heterocycles. The van der Waals surface area contributed by atoms with E-state index in [0.29, 0.717) is 5.76 Å². The van der Waals surface area contributed by atoms with Gasteiger partial charge in [-0.05, 0) is 30.9 Å². The van der Waals surface area contributed by atoms with Crippen molar-refractivity contribution in [2.45, 2.75) is 82.6 Å². The summed E-state index contributed by atoms with van der Waals surface area (Å²) < 4.78 is 5.45. The Morgan fingerprint density at radius 1 is 0.837 bits per heavy atom. The first-order valence-electron chi connectivity index (χ1n) is 17.0. The van der Waals surface area contributed by atoms with E-state index in [0.717, 1.165) is 36.8 Å². The summed E-state index contributed by atoms with van der Waals surface area (Å²) in [5.41, 5.74) is 1.61. The second-order valence-electron chi connectivity index (χ2n) is 12.8. The average Bonchev–Trinajstić information content (AvgIpc) is 3.57. The molecule has 13 nitrogen and oxygen atoms in total. The summed E-state index contributed by atoms with van der Waals surface area (Å²) in [6.07, 6.45) is 5.59. The molecule has 5 N–H and O–H groups in total. The zero-order valence-corrected chi connectivity index (χ0v) is 27.8. The molecule has 1 fully saturated rings. The van der Waals surface area contributed by atoms with Crippen molar-refractivity contribution in [2.24, 2.45) is 0 Å². The van der Waals surface area contributed by atoms with E-state index in [2.05, 4.69) is 31.7 Å². The fourth-order valence-corrected chi connectivity index (χ4v) is 6.14. The topological polar surface area (TPSA) is 175 Å². The Balaban J connectivity index is 1.38. The van der Waals surface area contributed by atoms with Gasteiger partial charge in [-0.2, -0.15) is 0 Å². The Morgan fingerprint density at radius 3 is 2.10 bits per heavy atom. The summed E-state index contributed by atoms with van der Waals surface area (Å²) >= 11 is 0. The summed E-state index contributed by atoms with van der Waals surface area (Å²) in [7, 11) is 0. The normalized spacial score (nSPS) is 22.1. The van der Waals surface area contributed by atoms with Gasteiger partial charge in [0.2, 0.25) is 23.6 Å². The van der Waals surface area contributed by atoms with Crippen LogP contribution in [0.4, 0.5) is 0 Å². The molecule has 0 saturated heterocycles. The van der Waals surface area contributed by atoms with Gasteiger partial charge >= 0.3 is 0 Å². The lowest BCUT2D eigenvalue weighted by Gasteiger charge is -2.26. The van der Waals surface area contributed by atoms with E-state index in [-0.39, 0.29) is 56.7 Å². The van der Waals surface area contributed by atoms with Gasteiger partial charge < -0.3 is 31.1 Å². The highest BCUT2D eigenvalue weighted by Gasteiger charge is 2.30. The van der Waals surface area contributed by atoms with Crippen molar-refractivity contribution in [3.8, 4) is 0 Å². The monoisotopic (exact) mass is 671 g/mol. The molecule has 2 bridgehead atoms. The zero-order valence-electron chi connectivity index (χ0n) is 27.8. The highest BCUT2D eigenvalue weighted by Crippen LogP contribution is 2.17. The van der Waals surface area contributed by atoms with Crippen LogP contribution in [0.5, 0.6) is 0 Å². The fourth-order valence-electron chi connectivity index (χ4n) is 6.14. The van der Waals surface area contributed by atoms with Crippen molar-refractivity contribution < 1.29 is 28.5 Å². The molecule has 260 valence electrons. The molecule has 3 atom stereocenters. The van der Waals surface area contributed by atoms with E-state index < -0.39 is 41.8 Å². The minimum atomic E-state index is -1.05. The summed E-state index contributed by atoms with van der Waals surface area (Å²) in [6, 6.07) is 17.1. The first kappa shape index (κ1) is 35.3. The predicted molar refractivity (Wildman–Crippen MR) is 181 cm³/mol. The van der Waals surface area contributed by atoms with Crippen LogP contribution in [-0.2, 0) is 38.6 Å². The van der Waals surface area contributed by atoms with Crippen LogP contribution in [0, 0.1) is 0 Å². The third-order valence-corrected chi connectivity index (χ3v) is 8.81. The van der Waals surface area contributed by atoms with Gasteiger partial charge in [-0.15, -0.1) is 0 Å². The molecule has 0 radical (unpaired) electrons. The second kappa shape index (κ2) is 17.4. The van der Waals surface area contributed by atoms with Crippen LogP contribution in [0.15, 0.2) is 71.3 Å². The van der Waals surface area contributed by atoms with Gasteiger partial charge in [-0.3, -0.25) is 28.9 Å². The molecule has 0 spiro atoms. The minimum absolute atomic E-state index is 0.0296. The second-order valence-corrected chi connectivity index (χ2v) is 12.8. The summed E-state index contributed by atoms with van der Waals surface area (Å²) in [6.45, 7) is 2.14. The molecular weight excluding hydrogens is 626 g/mol. The Kier molecular flexibility index (Phi) is 12.5. The van der Waals surface area contributed by atoms with Crippen LogP contribution in [0.2, 0.25) is 0 Å². The molecule has 3 aromatic rings. The largest absolute Gasteiger partial charge is 0.359 e. The molecule has 2 aromatic carbocycles. The fraction of sp³-hybridized carbons (Fsp3) is 0.444. The van der Waals surface area contributed by atoms with Crippen LogP contribution in [-0.4, -0.2) is 83.4 Å².